The Morgan fingerprint density at radius 2 is 2.11 bits per heavy atom. The van der Waals surface area contributed by atoms with E-state index >= 15 is 0 Å². The first kappa shape index (κ1) is 14.9. The van der Waals surface area contributed by atoms with Gasteiger partial charge in [0.2, 0.25) is 0 Å². The van der Waals surface area contributed by atoms with Crippen molar-refractivity contribution in [1.82, 2.24) is 5.32 Å². The van der Waals surface area contributed by atoms with Crippen LogP contribution in [0.2, 0.25) is 0 Å². The summed E-state index contributed by atoms with van der Waals surface area (Å²) >= 11 is 7.75. The maximum absolute atomic E-state index is 12.3. The van der Waals surface area contributed by atoms with Crippen molar-refractivity contribution in [2.75, 3.05) is 0 Å². The molecule has 3 unspecified atom stereocenters. The molecule has 0 bridgehead atoms. The zero-order chi connectivity index (χ0) is 14.0. The monoisotopic (exact) mass is 341 g/mol. The van der Waals surface area contributed by atoms with Gasteiger partial charge in [0.1, 0.15) is 0 Å². The number of halogens is 1. The first-order valence-electron chi connectivity index (χ1n) is 6.78. The molecule has 104 valence electrons. The molecule has 1 aromatic carbocycles. The van der Waals surface area contributed by atoms with Crippen molar-refractivity contribution in [3.8, 4) is 0 Å². The van der Waals surface area contributed by atoms with Crippen LogP contribution in [0.5, 0.6) is 0 Å². The topological polar surface area (TPSA) is 29.1 Å². The van der Waals surface area contributed by atoms with Gasteiger partial charge < -0.3 is 5.32 Å². The molecule has 1 fully saturated rings. The molecule has 1 N–H and O–H groups in total. The highest BCUT2D eigenvalue weighted by Crippen LogP contribution is 2.30. The minimum Gasteiger partial charge on any atom is -0.349 e. The lowest BCUT2D eigenvalue weighted by Gasteiger charge is -2.34. The SMILES string of the molecule is CC1CCCC(NC(=O)c2ccc(Br)cc2S)C1C. The van der Waals surface area contributed by atoms with E-state index in [1.54, 1.807) is 0 Å². The second-order valence-electron chi connectivity index (χ2n) is 5.51. The van der Waals surface area contributed by atoms with Gasteiger partial charge in [-0.1, -0.05) is 42.6 Å². The molecule has 0 aromatic heterocycles. The predicted molar refractivity (Wildman–Crippen MR) is 84.8 cm³/mol. The third kappa shape index (κ3) is 3.54. The second-order valence-corrected chi connectivity index (χ2v) is 6.91. The van der Waals surface area contributed by atoms with Crippen molar-refractivity contribution in [2.24, 2.45) is 11.8 Å². The largest absolute Gasteiger partial charge is 0.349 e. The number of rotatable bonds is 2. The molecule has 3 atom stereocenters. The minimum atomic E-state index is -0.0107. The number of nitrogens with one attached hydrogen (secondary N) is 1. The normalized spacial score (nSPS) is 27.1. The summed E-state index contributed by atoms with van der Waals surface area (Å²) in [7, 11) is 0. The van der Waals surface area contributed by atoms with Crippen LogP contribution in [0.1, 0.15) is 43.5 Å². The van der Waals surface area contributed by atoms with Gasteiger partial charge in [-0.25, -0.2) is 0 Å². The zero-order valence-electron chi connectivity index (χ0n) is 11.3. The Morgan fingerprint density at radius 1 is 1.37 bits per heavy atom. The highest BCUT2D eigenvalue weighted by Gasteiger charge is 2.28. The molecule has 2 nitrogen and oxygen atoms in total. The smallest absolute Gasteiger partial charge is 0.252 e. The van der Waals surface area contributed by atoms with E-state index in [2.05, 4.69) is 47.7 Å². The van der Waals surface area contributed by atoms with Crippen molar-refractivity contribution in [2.45, 2.75) is 44.0 Å². The predicted octanol–water partition coefficient (Wildman–Crippen LogP) is 4.29. The lowest BCUT2D eigenvalue weighted by molar-refractivity contribution is 0.0888. The summed E-state index contributed by atoms with van der Waals surface area (Å²) in [4.78, 5) is 13.0. The first-order chi connectivity index (χ1) is 8.99. The number of hydrogen-bond acceptors (Lipinski definition) is 2. The molecule has 0 saturated heterocycles. The fourth-order valence-electron chi connectivity index (χ4n) is 2.73. The van der Waals surface area contributed by atoms with E-state index in [0.717, 1.165) is 10.9 Å². The van der Waals surface area contributed by atoms with E-state index in [1.165, 1.54) is 12.8 Å². The lowest BCUT2D eigenvalue weighted by atomic mass is 9.78. The number of benzene rings is 1. The minimum absolute atomic E-state index is 0.0107. The zero-order valence-corrected chi connectivity index (χ0v) is 13.8. The van der Waals surface area contributed by atoms with Crippen molar-refractivity contribution in [3.63, 3.8) is 0 Å². The molecule has 1 aromatic rings. The molecule has 0 aliphatic heterocycles. The number of amides is 1. The second kappa shape index (κ2) is 6.31. The van der Waals surface area contributed by atoms with E-state index in [4.69, 9.17) is 0 Å². The highest BCUT2D eigenvalue weighted by molar-refractivity contribution is 9.10. The van der Waals surface area contributed by atoms with E-state index in [0.29, 0.717) is 22.3 Å². The van der Waals surface area contributed by atoms with Gasteiger partial charge in [0, 0.05) is 15.4 Å². The van der Waals surface area contributed by atoms with E-state index in [-0.39, 0.29) is 11.9 Å². The third-order valence-electron chi connectivity index (χ3n) is 4.23. The Morgan fingerprint density at radius 3 is 2.79 bits per heavy atom. The average molecular weight is 342 g/mol. The molecule has 1 amide bonds. The fraction of sp³-hybridized carbons (Fsp3) is 0.533. The summed E-state index contributed by atoms with van der Waals surface area (Å²) in [6.45, 7) is 4.50. The summed E-state index contributed by atoms with van der Waals surface area (Å²) in [6, 6.07) is 5.83. The van der Waals surface area contributed by atoms with Gasteiger partial charge in [-0.05, 0) is 36.5 Å². The highest BCUT2D eigenvalue weighted by atomic mass is 79.9. The van der Waals surface area contributed by atoms with Crippen LogP contribution in [0, 0.1) is 11.8 Å². The van der Waals surface area contributed by atoms with Crippen LogP contribution in [-0.4, -0.2) is 11.9 Å². The Bertz CT molecular complexity index is 477. The van der Waals surface area contributed by atoms with Gasteiger partial charge in [-0.15, -0.1) is 12.6 Å². The maximum atomic E-state index is 12.3. The van der Waals surface area contributed by atoms with E-state index < -0.39 is 0 Å². The number of carbonyl (C=O) groups excluding carboxylic acids is 1. The molecule has 1 saturated carbocycles. The summed E-state index contributed by atoms with van der Waals surface area (Å²) in [5.74, 6) is 1.21. The van der Waals surface area contributed by atoms with Crippen molar-refractivity contribution < 1.29 is 4.79 Å². The van der Waals surface area contributed by atoms with Gasteiger partial charge in [0.25, 0.3) is 5.91 Å². The van der Waals surface area contributed by atoms with Gasteiger partial charge in [0.05, 0.1) is 5.56 Å². The molecule has 0 spiro atoms. The molecular weight excluding hydrogens is 322 g/mol. The van der Waals surface area contributed by atoms with E-state index in [1.807, 2.05) is 18.2 Å². The lowest BCUT2D eigenvalue weighted by Crippen LogP contribution is -2.43. The van der Waals surface area contributed by atoms with Crippen LogP contribution in [-0.2, 0) is 0 Å². The average Bonchev–Trinajstić information content (AvgIpc) is 2.34. The van der Waals surface area contributed by atoms with Gasteiger partial charge in [0.15, 0.2) is 0 Å². The molecule has 1 aliphatic rings. The molecule has 0 radical (unpaired) electrons. The molecule has 0 heterocycles. The third-order valence-corrected chi connectivity index (χ3v) is 5.09. The molecular formula is C15H20BrNOS. The summed E-state index contributed by atoms with van der Waals surface area (Å²) in [6.07, 6.45) is 3.55. The quantitative estimate of drug-likeness (QED) is 0.772. The van der Waals surface area contributed by atoms with Crippen LogP contribution < -0.4 is 5.32 Å². The van der Waals surface area contributed by atoms with Gasteiger partial charge in [-0.3, -0.25) is 4.79 Å². The Kier molecular flexibility index (Phi) is 4.96. The summed E-state index contributed by atoms with van der Waals surface area (Å²) in [5.41, 5.74) is 0.650. The van der Waals surface area contributed by atoms with E-state index in [9.17, 15) is 4.79 Å². The number of carbonyl (C=O) groups is 1. The van der Waals surface area contributed by atoms with Gasteiger partial charge >= 0.3 is 0 Å². The van der Waals surface area contributed by atoms with Crippen LogP contribution in [0.15, 0.2) is 27.6 Å². The van der Waals surface area contributed by atoms with Crippen molar-refractivity contribution in [1.29, 1.82) is 0 Å². The Labute approximate surface area is 128 Å². The Hall–Kier alpha value is -0.480. The van der Waals surface area contributed by atoms with Crippen LogP contribution in [0.4, 0.5) is 0 Å². The molecule has 2 rings (SSSR count). The van der Waals surface area contributed by atoms with Crippen LogP contribution >= 0.6 is 28.6 Å². The summed E-state index contributed by atoms with van der Waals surface area (Å²) in [5, 5.41) is 3.17. The van der Waals surface area contributed by atoms with Crippen molar-refractivity contribution >= 4 is 34.5 Å². The van der Waals surface area contributed by atoms with Crippen LogP contribution in [0.3, 0.4) is 0 Å². The molecule has 4 heteroatoms. The fourth-order valence-corrected chi connectivity index (χ4v) is 3.58. The number of thiol groups is 1. The first-order valence-corrected chi connectivity index (χ1v) is 8.02. The summed E-state index contributed by atoms with van der Waals surface area (Å²) < 4.78 is 0.939. The Balaban J connectivity index is 2.08. The molecule has 1 aliphatic carbocycles. The maximum Gasteiger partial charge on any atom is 0.252 e. The number of hydrogen-bond donors (Lipinski definition) is 2. The van der Waals surface area contributed by atoms with Crippen molar-refractivity contribution in [3.05, 3.63) is 28.2 Å². The standard InChI is InChI=1S/C15H20BrNOS/c1-9-4-3-5-13(10(9)2)17-15(18)12-7-6-11(16)8-14(12)19/h6-10,13,19H,3-5H2,1-2H3,(H,17,18). The van der Waals surface area contributed by atoms with Crippen LogP contribution in [0.25, 0.3) is 0 Å². The molecule has 19 heavy (non-hydrogen) atoms. The van der Waals surface area contributed by atoms with Gasteiger partial charge in [-0.2, -0.15) is 0 Å².